The van der Waals surface area contributed by atoms with E-state index in [1.54, 1.807) is 6.20 Å². The number of hydrogen-bond acceptors (Lipinski definition) is 3. The zero-order chi connectivity index (χ0) is 9.68. The van der Waals surface area contributed by atoms with Crippen LogP contribution in [0, 0.1) is 0 Å². The Morgan fingerprint density at radius 2 is 2.31 bits per heavy atom. The second-order valence-electron chi connectivity index (χ2n) is 3.00. The molecule has 1 aromatic rings. The Morgan fingerprint density at radius 1 is 1.54 bits per heavy atom. The molecule has 1 heterocycles. The summed E-state index contributed by atoms with van der Waals surface area (Å²) in [6.07, 6.45) is 3.56. The Morgan fingerprint density at radius 3 is 2.85 bits per heavy atom. The molecular formula is C9H16N2O2. The lowest BCUT2D eigenvalue weighted by Crippen LogP contribution is -2.02. The summed E-state index contributed by atoms with van der Waals surface area (Å²) in [5.41, 5.74) is 0. The summed E-state index contributed by atoms with van der Waals surface area (Å²) < 4.78 is 12.2. The molecule has 0 N–H and O–H groups in total. The van der Waals surface area contributed by atoms with Crippen LogP contribution < -0.4 is 4.74 Å². The van der Waals surface area contributed by atoms with Gasteiger partial charge in [-0.1, -0.05) is 0 Å². The molecule has 4 heteroatoms. The van der Waals surface area contributed by atoms with Gasteiger partial charge in [-0.2, -0.15) is 5.10 Å². The van der Waals surface area contributed by atoms with E-state index >= 15 is 0 Å². The number of hydrogen-bond donors (Lipinski definition) is 0. The first-order chi connectivity index (χ1) is 6.24. The lowest BCUT2D eigenvalue weighted by molar-refractivity contribution is 0.0223. The highest BCUT2D eigenvalue weighted by atomic mass is 16.7. The van der Waals surface area contributed by atoms with Crippen molar-refractivity contribution in [3.8, 4) is 5.75 Å². The molecule has 74 valence electrons. The maximum absolute atomic E-state index is 5.27. The Hall–Kier alpha value is -1.03. The average Bonchev–Trinajstić information content (AvgIpc) is 2.53. The van der Waals surface area contributed by atoms with Crippen molar-refractivity contribution in [1.29, 1.82) is 0 Å². The molecule has 1 aromatic heterocycles. The van der Waals surface area contributed by atoms with Gasteiger partial charge in [0.2, 0.25) is 0 Å². The molecule has 0 radical (unpaired) electrons. The van der Waals surface area contributed by atoms with Gasteiger partial charge in [0, 0.05) is 12.6 Å². The minimum atomic E-state index is 0.292. The fourth-order valence-electron chi connectivity index (χ4n) is 0.871. The molecule has 4 nitrogen and oxygen atoms in total. The molecule has 0 aliphatic heterocycles. The third kappa shape index (κ3) is 3.06. The minimum Gasteiger partial charge on any atom is -0.464 e. The highest BCUT2D eigenvalue weighted by molar-refractivity contribution is 5.11. The quantitative estimate of drug-likeness (QED) is 0.517. The van der Waals surface area contributed by atoms with E-state index in [1.165, 1.54) is 0 Å². The van der Waals surface area contributed by atoms with Crippen LogP contribution in [0.25, 0.3) is 0 Å². The summed E-state index contributed by atoms with van der Waals surface area (Å²) in [4.78, 5) is 0. The van der Waals surface area contributed by atoms with E-state index in [0.717, 1.165) is 5.75 Å². The molecule has 1 rings (SSSR count). The number of rotatable bonds is 5. The van der Waals surface area contributed by atoms with Crippen molar-refractivity contribution in [3.05, 3.63) is 12.4 Å². The first kappa shape index (κ1) is 10.1. The van der Waals surface area contributed by atoms with Gasteiger partial charge in [0.05, 0.1) is 12.4 Å². The predicted octanol–water partition coefficient (Wildman–Crippen LogP) is 1.84. The van der Waals surface area contributed by atoms with Crippen LogP contribution in [0.2, 0.25) is 0 Å². The highest BCUT2D eigenvalue weighted by Gasteiger charge is 2.01. The fraction of sp³-hybridized carbons (Fsp3) is 0.667. The third-order valence-corrected chi connectivity index (χ3v) is 1.62. The van der Waals surface area contributed by atoms with Crippen molar-refractivity contribution in [2.75, 3.05) is 13.4 Å². The first-order valence-electron chi connectivity index (χ1n) is 4.48. The van der Waals surface area contributed by atoms with Crippen LogP contribution in [0.4, 0.5) is 0 Å². The van der Waals surface area contributed by atoms with Gasteiger partial charge in [0.15, 0.2) is 12.5 Å². The van der Waals surface area contributed by atoms with E-state index in [4.69, 9.17) is 9.47 Å². The van der Waals surface area contributed by atoms with Gasteiger partial charge in [-0.15, -0.1) is 0 Å². The van der Waals surface area contributed by atoms with Gasteiger partial charge in [0.1, 0.15) is 0 Å². The van der Waals surface area contributed by atoms with Crippen molar-refractivity contribution in [3.63, 3.8) is 0 Å². The Labute approximate surface area is 78.5 Å². The molecule has 0 aliphatic carbocycles. The summed E-state index contributed by atoms with van der Waals surface area (Å²) >= 11 is 0. The second-order valence-corrected chi connectivity index (χ2v) is 3.00. The Balaban J connectivity index is 2.40. The minimum absolute atomic E-state index is 0.292. The molecule has 0 aliphatic rings. The van der Waals surface area contributed by atoms with Gasteiger partial charge in [-0.05, 0) is 20.8 Å². The summed E-state index contributed by atoms with van der Waals surface area (Å²) in [7, 11) is 0. The number of aromatic nitrogens is 2. The van der Waals surface area contributed by atoms with Crippen molar-refractivity contribution in [2.24, 2.45) is 0 Å². The number of nitrogens with zero attached hydrogens (tertiary/aromatic N) is 2. The number of ether oxygens (including phenoxy) is 2. The lowest BCUT2D eigenvalue weighted by Gasteiger charge is -2.04. The zero-order valence-electron chi connectivity index (χ0n) is 8.36. The van der Waals surface area contributed by atoms with Crippen LogP contribution in [0.3, 0.4) is 0 Å². The van der Waals surface area contributed by atoms with E-state index in [9.17, 15) is 0 Å². The van der Waals surface area contributed by atoms with Gasteiger partial charge in [-0.3, -0.25) is 4.68 Å². The summed E-state index contributed by atoms with van der Waals surface area (Å²) in [6, 6.07) is 0.365. The third-order valence-electron chi connectivity index (χ3n) is 1.62. The van der Waals surface area contributed by atoms with Crippen molar-refractivity contribution < 1.29 is 9.47 Å². The van der Waals surface area contributed by atoms with Gasteiger partial charge in [-0.25, -0.2) is 0 Å². The standard InChI is InChI=1S/C9H16N2O2/c1-4-12-7-13-9-5-10-11(6-9)8(2)3/h5-6,8H,4,7H2,1-3H3. The molecule has 0 atom stereocenters. The van der Waals surface area contributed by atoms with Crippen LogP contribution in [0.5, 0.6) is 5.75 Å². The first-order valence-corrected chi connectivity index (χ1v) is 4.48. The lowest BCUT2D eigenvalue weighted by atomic mass is 10.4. The van der Waals surface area contributed by atoms with Crippen LogP contribution in [0.15, 0.2) is 12.4 Å². The van der Waals surface area contributed by atoms with E-state index in [2.05, 4.69) is 18.9 Å². The van der Waals surface area contributed by atoms with E-state index in [0.29, 0.717) is 19.4 Å². The monoisotopic (exact) mass is 184 g/mol. The summed E-state index contributed by atoms with van der Waals surface area (Å²) in [5.74, 6) is 0.752. The molecule has 0 fully saturated rings. The zero-order valence-corrected chi connectivity index (χ0v) is 8.36. The fourth-order valence-corrected chi connectivity index (χ4v) is 0.871. The summed E-state index contributed by atoms with van der Waals surface area (Å²) in [5, 5.41) is 4.13. The van der Waals surface area contributed by atoms with Crippen LogP contribution in [-0.2, 0) is 4.74 Å². The van der Waals surface area contributed by atoms with Gasteiger partial charge < -0.3 is 9.47 Å². The van der Waals surface area contributed by atoms with Crippen molar-refractivity contribution in [2.45, 2.75) is 26.8 Å². The average molecular weight is 184 g/mol. The topological polar surface area (TPSA) is 36.3 Å². The van der Waals surface area contributed by atoms with Crippen molar-refractivity contribution in [1.82, 2.24) is 9.78 Å². The largest absolute Gasteiger partial charge is 0.464 e. The van der Waals surface area contributed by atoms with E-state index in [1.807, 2.05) is 17.8 Å². The molecule has 0 spiro atoms. The second kappa shape index (κ2) is 4.87. The smallest absolute Gasteiger partial charge is 0.189 e. The molecule has 0 unspecified atom stereocenters. The molecule has 0 saturated heterocycles. The Bertz CT molecular complexity index is 246. The van der Waals surface area contributed by atoms with E-state index in [-0.39, 0.29) is 0 Å². The molecule has 13 heavy (non-hydrogen) atoms. The highest BCUT2D eigenvalue weighted by Crippen LogP contribution is 2.11. The van der Waals surface area contributed by atoms with Crippen molar-refractivity contribution >= 4 is 0 Å². The van der Waals surface area contributed by atoms with Crippen LogP contribution >= 0.6 is 0 Å². The predicted molar refractivity (Wildman–Crippen MR) is 49.7 cm³/mol. The molecule has 0 saturated carbocycles. The van der Waals surface area contributed by atoms with Crippen LogP contribution in [0.1, 0.15) is 26.8 Å². The van der Waals surface area contributed by atoms with Crippen LogP contribution in [-0.4, -0.2) is 23.2 Å². The molecular weight excluding hydrogens is 168 g/mol. The normalized spacial score (nSPS) is 10.8. The van der Waals surface area contributed by atoms with Gasteiger partial charge in [0.25, 0.3) is 0 Å². The SMILES string of the molecule is CCOCOc1cnn(C(C)C)c1. The molecule has 0 bridgehead atoms. The van der Waals surface area contributed by atoms with Gasteiger partial charge >= 0.3 is 0 Å². The maximum Gasteiger partial charge on any atom is 0.189 e. The molecule has 0 aromatic carbocycles. The maximum atomic E-state index is 5.27. The molecule has 0 amide bonds. The Kier molecular flexibility index (Phi) is 3.76. The summed E-state index contributed by atoms with van der Waals surface area (Å²) in [6.45, 7) is 7.03. The van der Waals surface area contributed by atoms with E-state index < -0.39 is 0 Å².